The minimum Gasteiger partial charge on any atom is -0.396 e. The standard InChI is InChI=1S/C19H32N2O3S/c1-17(2,3)11(10-22)9-21-16-13(15(20)23)12-8-18(4,5)24-19(6,7)14(12)25-16/h11,21-22H,8-10H2,1-7H3,(H2,20,23). The summed E-state index contributed by atoms with van der Waals surface area (Å²) in [7, 11) is 0. The molecule has 0 aliphatic carbocycles. The molecule has 5 nitrogen and oxygen atoms in total. The van der Waals surface area contributed by atoms with Crippen LogP contribution in [0.3, 0.4) is 0 Å². The normalized spacial score (nSPS) is 20.0. The van der Waals surface area contributed by atoms with E-state index in [-0.39, 0.29) is 23.5 Å². The van der Waals surface area contributed by atoms with Gasteiger partial charge in [-0.1, -0.05) is 20.8 Å². The first-order valence-corrected chi connectivity index (χ1v) is 9.61. The maximum absolute atomic E-state index is 12.2. The predicted molar refractivity (Wildman–Crippen MR) is 103 cm³/mol. The minimum atomic E-state index is -0.466. The maximum Gasteiger partial charge on any atom is 0.251 e. The van der Waals surface area contributed by atoms with E-state index in [0.717, 1.165) is 15.4 Å². The van der Waals surface area contributed by atoms with Crippen LogP contribution in [-0.4, -0.2) is 29.8 Å². The van der Waals surface area contributed by atoms with E-state index in [1.165, 1.54) is 0 Å². The van der Waals surface area contributed by atoms with E-state index in [9.17, 15) is 9.90 Å². The largest absolute Gasteiger partial charge is 0.396 e. The lowest BCUT2D eigenvalue weighted by Crippen LogP contribution is -2.42. The number of anilines is 1. The van der Waals surface area contributed by atoms with Gasteiger partial charge in [0.15, 0.2) is 0 Å². The van der Waals surface area contributed by atoms with E-state index in [1.54, 1.807) is 11.3 Å². The Balaban J connectivity index is 2.41. The van der Waals surface area contributed by atoms with Crippen molar-refractivity contribution in [3.63, 3.8) is 0 Å². The van der Waals surface area contributed by atoms with Crippen LogP contribution in [-0.2, 0) is 16.8 Å². The fraction of sp³-hybridized carbons (Fsp3) is 0.737. The summed E-state index contributed by atoms with van der Waals surface area (Å²) in [6, 6.07) is 0. The summed E-state index contributed by atoms with van der Waals surface area (Å²) in [6.45, 7) is 15.1. The van der Waals surface area contributed by atoms with Crippen molar-refractivity contribution in [1.29, 1.82) is 0 Å². The minimum absolute atomic E-state index is 0.0319. The first-order chi connectivity index (χ1) is 11.3. The Bertz CT molecular complexity index is 656. The second-order valence-electron chi connectivity index (χ2n) is 9.15. The van der Waals surface area contributed by atoms with Gasteiger partial charge < -0.3 is 20.9 Å². The van der Waals surface area contributed by atoms with Gasteiger partial charge in [-0.2, -0.15) is 0 Å². The highest BCUT2D eigenvalue weighted by molar-refractivity contribution is 7.17. The van der Waals surface area contributed by atoms with Crippen LogP contribution >= 0.6 is 11.3 Å². The number of aliphatic hydroxyl groups is 1. The lowest BCUT2D eigenvalue weighted by Gasteiger charge is -2.41. The summed E-state index contributed by atoms with van der Waals surface area (Å²) in [5, 5.41) is 13.8. The SMILES string of the molecule is CC1(C)Cc2c(sc(NCC(CO)C(C)(C)C)c2C(N)=O)C(C)(C)O1. The van der Waals surface area contributed by atoms with E-state index < -0.39 is 11.5 Å². The Morgan fingerprint density at radius 3 is 2.44 bits per heavy atom. The van der Waals surface area contributed by atoms with Crippen molar-refractivity contribution in [2.24, 2.45) is 17.1 Å². The number of hydrogen-bond acceptors (Lipinski definition) is 5. The summed E-state index contributed by atoms with van der Waals surface area (Å²) < 4.78 is 6.23. The lowest BCUT2D eigenvalue weighted by molar-refractivity contribution is -0.135. The molecule has 2 heterocycles. The van der Waals surface area contributed by atoms with Crippen LogP contribution in [0, 0.1) is 11.3 Å². The molecule has 1 unspecified atom stereocenters. The Morgan fingerprint density at radius 2 is 1.96 bits per heavy atom. The number of primary amides is 1. The molecule has 4 N–H and O–H groups in total. The Labute approximate surface area is 154 Å². The number of rotatable bonds is 5. The van der Waals surface area contributed by atoms with E-state index in [2.05, 4.69) is 26.1 Å². The van der Waals surface area contributed by atoms with Gasteiger partial charge in [-0.05, 0) is 38.7 Å². The van der Waals surface area contributed by atoms with Crippen molar-refractivity contribution in [2.45, 2.75) is 66.1 Å². The van der Waals surface area contributed by atoms with E-state index in [1.807, 2.05) is 27.7 Å². The fourth-order valence-corrected chi connectivity index (χ4v) is 4.84. The number of carbonyl (C=O) groups excluding carboxylic acids is 1. The predicted octanol–water partition coefficient (Wildman–Crippen LogP) is 3.50. The summed E-state index contributed by atoms with van der Waals surface area (Å²) in [5.74, 6) is -0.335. The Kier molecular flexibility index (Phi) is 5.30. The topological polar surface area (TPSA) is 84.6 Å². The van der Waals surface area contributed by atoms with Crippen molar-refractivity contribution in [3.05, 3.63) is 16.0 Å². The number of nitrogens with one attached hydrogen (secondary N) is 1. The number of aliphatic hydroxyl groups excluding tert-OH is 1. The first kappa shape index (κ1) is 20.2. The van der Waals surface area contributed by atoms with E-state index in [0.29, 0.717) is 18.5 Å². The molecule has 1 aromatic rings. The van der Waals surface area contributed by atoms with E-state index >= 15 is 0 Å². The number of carbonyl (C=O) groups is 1. The molecular formula is C19H32N2O3S. The first-order valence-electron chi connectivity index (χ1n) is 8.79. The molecule has 0 spiro atoms. The van der Waals surface area contributed by atoms with Gasteiger partial charge in [0.1, 0.15) is 5.00 Å². The van der Waals surface area contributed by atoms with Crippen molar-refractivity contribution in [3.8, 4) is 0 Å². The highest BCUT2D eigenvalue weighted by Crippen LogP contribution is 2.48. The number of fused-ring (bicyclic) bond motifs is 1. The van der Waals surface area contributed by atoms with Crippen LogP contribution in [0.2, 0.25) is 0 Å². The highest BCUT2D eigenvalue weighted by atomic mass is 32.1. The molecule has 1 amide bonds. The van der Waals surface area contributed by atoms with Crippen LogP contribution in [0.1, 0.15) is 69.3 Å². The summed E-state index contributed by atoms with van der Waals surface area (Å²) in [6.07, 6.45) is 0.658. The molecule has 0 bridgehead atoms. The fourth-order valence-electron chi connectivity index (χ4n) is 3.56. The number of thiophene rings is 1. The van der Waals surface area contributed by atoms with Gasteiger partial charge in [0.2, 0.25) is 0 Å². The molecule has 1 atom stereocenters. The van der Waals surface area contributed by atoms with Crippen molar-refractivity contribution in [2.75, 3.05) is 18.5 Å². The number of hydrogen-bond donors (Lipinski definition) is 3. The molecule has 142 valence electrons. The molecule has 0 aromatic carbocycles. The third kappa shape index (κ3) is 4.18. The molecule has 2 rings (SSSR count). The average Bonchev–Trinajstić information content (AvgIpc) is 2.74. The van der Waals surface area contributed by atoms with Crippen molar-refractivity contribution >= 4 is 22.2 Å². The zero-order valence-corrected chi connectivity index (χ0v) is 17.3. The molecule has 6 heteroatoms. The molecule has 0 saturated heterocycles. The number of nitrogens with two attached hydrogens (primary N) is 1. The Morgan fingerprint density at radius 1 is 1.36 bits per heavy atom. The quantitative estimate of drug-likeness (QED) is 0.742. The van der Waals surface area contributed by atoms with E-state index in [4.69, 9.17) is 10.5 Å². The zero-order valence-electron chi connectivity index (χ0n) is 16.4. The van der Waals surface area contributed by atoms with Gasteiger partial charge in [0.25, 0.3) is 5.91 Å². The van der Waals surface area contributed by atoms with Crippen molar-refractivity contribution in [1.82, 2.24) is 0 Å². The summed E-state index contributed by atoms with van der Waals surface area (Å²) in [4.78, 5) is 13.2. The van der Waals surface area contributed by atoms with Gasteiger partial charge >= 0.3 is 0 Å². The molecule has 0 radical (unpaired) electrons. The monoisotopic (exact) mass is 368 g/mol. The molecule has 0 fully saturated rings. The van der Waals surface area contributed by atoms with Gasteiger partial charge in [-0.3, -0.25) is 4.79 Å². The van der Waals surface area contributed by atoms with Gasteiger partial charge in [-0.25, -0.2) is 0 Å². The van der Waals surface area contributed by atoms with Crippen molar-refractivity contribution < 1.29 is 14.6 Å². The van der Waals surface area contributed by atoms with Gasteiger partial charge in [-0.15, -0.1) is 11.3 Å². The second kappa shape index (κ2) is 6.56. The third-order valence-corrected chi connectivity index (χ3v) is 6.38. The highest BCUT2D eigenvalue weighted by Gasteiger charge is 2.42. The summed E-state index contributed by atoms with van der Waals surface area (Å²) in [5.41, 5.74) is 6.45. The van der Waals surface area contributed by atoms with Gasteiger partial charge in [0.05, 0.1) is 16.8 Å². The maximum atomic E-state index is 12.2. The zero-order chi connectivity index (χ0) is 19.2. The van der Waals surface area contributed by atoms with Gasteiger partial charge in [0, 0.05) is 30.4 Å². The average molecular weight is 369 g/mol. The Hall–Kier alpha value is -1.11. The number of amides is 1. The van der Waals surface area contributed by atoms with Crippen LogP contribution < -0.4 is 11.1 Å². The second-order valence-corrected chi connectivity index (χ2v) is 10.2. The number of ether oxygens (including phenoxy) is 1. The smallest absolute Gasteiger partial charge is 0.251 e. The third-order valence-electron chi connectivity index (χ3n) is 4.89. The van der Waals surface area contributed by atoms with Crippen LogP contribution in [0.15, 0.2) is 0 Å². The lowest BCUT2D eigenvalue weighted by atomic mass is 9.81. The van der Waals surface area contributed by atoms with Crippen LogP contribution in [0.5, 0.6) is 0 Å². The molecule has 0 saturated carbocycles. The molecule has 1 aliphatic rings. The van der Waals surface area contributed by atoms with Crippen LogP contribution in [0.25, 0.3) is 0 Å². The summed E-state index contributed by atoms with van der Waals surface area (Å²) >= 11 is 1.54. The molecular weight excluding hydrogens is 336 g/mol. The van der Waals surface area contributed by atoms with Crippen LogP contribution in [0.4, 0.5) is 5.00 Å². The molecule has 1 aliphatic heterocycles. The molecule has 25 heavy (non-hydrogen) atoms. The molecule has 1 aromatic heterocycles.